The number of methoxy groups -OCH3 is 1. The van der Waals surface area contributed by atoms with Crippen LogP contribution in [0.1, 0.15) is 25.7 Å². The van der Waals surface area contributed by atoms with Crippen molar-refractivity contribution in [2.75, 3.05) is 19.0 Å². The van der Waals surface area contributed by atoms with E-state index in [0.29, 0.717) is 6.54 Å². The predicted molar refractivity (Wildman–Crippen MR) is 71.7 cm³/mol. The Morgan fingerprint density at radius 1 is 1.50 bits per heavy atom. The summed E-state index contributed by atoms with van der Waals surface area (Å²) in [7, 11) is 1.32. The van der Waals surface area contributed by atoms with Crippen LogP contribution in [0.25, 0.3) is 0 Å². The molecule has 0 amide bonds. The van der Waals surface area contributed by atoms with Crippen LogP contribution < -0.4 is 10.1 Å². The fraction of sp³-hybridized carbons (Fsp3) is 0.667. The molecule has 20 heavy (non-hydrogen) atoms. The highest BCUT2D eigenvalue weighted by Gasteiger charge is 2.27. The zero-order chi connectivity index (χ0) is 14.5. The summed E-state index contributed by atoms with van der Waals surface area (Å²) in [6.07, 6.45) is 4.63. The molecular formula is C12H18N4O4. The van der Waals surface area contributed by atoms with Crippen molar-refractivity contribution in [3.63, 3.8) is 0 Å². The predicted octanol–water partition coefficient (Wildman–Crippen LogP) is 1.36. The Bertz CT molecular complexity index is 483. The monoisotopic (exact) mass is 282 g/mol. The lowest BCUT2D eigenvalue weighted by Crippen LogP contribution is -2.30. The number of rotatable bonds is 5. The number of anilines is 1. The van der Waals surface area contributed by atoms with Crippen molar-refractivity contribution < 1.29 is 14.8 Å². The number of hydrogen-bond donors (Lipinski definition) is 2. The third-order valence-electron chi connectivity index (χ3n) is 3.57. The van der Waals surface area contributed by atoms with Crippen LogP contribution in [0.4, 0.5) is 11.5 Å². The molecule has 8 nitrogen and oxygen atoms in total. The Morgan fingerprint density at radius 3 is 2.90 bits per heavy atom. The van der Waals surface area contributed by atoms with Gasteiger partial charge in [-0.3, -0.25) is 10.1 Å². The highest BCUT2D eigenvalue weighted by Crippen LogP contribution is 2.31. The molecule has 2 atom stereocenters. The molecule has 110 valence electrons. The third-order valence-corrected chi connectivity index (χ3v) is 3.57. The maximum Gasteiger partial charge on any atom is 0.372 e. The lowest BCUT2D eigenvalue weighted by atomic mass is 9.86. The van der Waals surface area contributed by atoms with Gasteiger partial charge in [0.25, 0.3) is 5.88 Å². The largest absolute Gasteiger partial charge is 0.476 e. The molecule has 0 aromatic carbocycles. The molecule has 2 unspecified atom stereocenters. The van der Waals surface area contributed by atoms with E-state index in [1.807, 2.05) is 0 Å². The number of nitrogens with zero attached hydrogens (tertiary/aromatic N) is 3. The zero-order valence-corrected chi connectivity index (χ0v) is 11.3. The summed E-state index contributed by atoms with van der Waals surface area (Å²) in [5.41, 5.74) is -0.278. The van der Waals surface area contributed by atoms with Gasteiger partial charge in [-0.1, -0.05) is 12.8 Å². The lowest BCUT2D eigenvalue weighted by molar-refractivity contribution is -0.385. The zero-order valence-electron chi connectivity index (χ0n) is 11.3. The molecule has 8 heteroatoms. The highest BCUT2D eigenvalue weighted by molar-refractivity contribution is 5.61. The Morgan fingerprint density at radius 2 is 2.25 bits per heavy atom. The van der Waals surface area contributed by atoms with Gasteiger partial charge in [0.1, 0.15) is 6.33 Å². The van der Waals surface area contributed by atoms with Crippen LogP contribution in [0.5, 0.6) is 5.88 Å². The summed E-state index contributed by atoms with van der Waals surface area (Å²) in [4.78, 5) is 18.1. The van der Waals surface area contributed by atoms with Crippen molar-refractivity contribution >= 4 is 11.5 Å². The summed E-state index contributed by atoms with van der Waals surface area (Å²) in [5.74, 6) is 0.139. The van der Waals surface area contributed by atoms with Gasteiger partial charge in [0.15, 0.2) is 0 Å². The van der Waals surface area contributed by atoms with Crippen molar-refractivity contribution in [1.29, 1.82) is 0 Å². The number of aromatic nitrogens is 2. The molecule has 2 rings (SSSR count). The quantitative estimate of drug-likeness (QED) is 0.619. The summed E-state index contributed by atoms with van der Waals surface area (Å²) in [6, 6.07) is 0. The minimum atomic E-state index is -0.571. The molecule has 1 saturated carbocycles. The molecule has 0 bridgehead atoms. The minimum absolute atomic E-state index is 0.0725. The van der Waals surface area contributed by atoms with Crippen LogP contribution in [0.3, 0.4) is 0 Å². The number of ether oxygens (including phenoxy) is 1. The van der Waals surface area contributed by atoms with Gasteiger partial charge in [0.05, 0.1) is 18.1 Å². The van der Waals surface area contributed by atoms with Crippen molar-refractivity contribution in [2.24, 2.45) is 5.92 Å². The van der Waals surface area contributed by atoms with Crippen LogP contribution >= 0.6 is 0 Å². The average molecular weight is 282 g/mol. The first-order chi connectivity index (χ1) is 9.63. The fourth-order valence-corrected chi connectivity index (χ4v) is 2.46. The van der Waals surface area contributed by atoms with E-state index in [9.17, 15) is 15.2 Å². The SMILES string of the molecule is COc1ncnc(NCC2CCCCC2O)c1[N+](=O)[O-]. The van der Waals surface area contributed by atoms with E-state index in [0.717, 1.165) is 25.7 Å². The summed E-state index contributed by atoms with van der Waals surface area (Å²) < 4.78 is 4.88. The molecule has 0 aliphatic heterocycles. The molecule has 0 radical (unpaired) electrons. The van der Waals surface area contributed by atoms with E-state index in [1.54, 1.807) is 0 Å². The molecule has 0 saturated heterocycles. The molecule has 1 heterocycles. The van der Waals surface area contributed by atoms with Crippen LogP contribution in [0.15, 0.2) is 6.33 Å². The maximum atomic E-state index is 11.1. The van der Waals surface area contributed by atoms with Crippen molar-refractivity contribution in [3.05, 3.63) is 16.4 Å². The fourth-order valence-electron chi connectivity index (χ4n) is 2.46. The van der Waals surface area contributed by atoms with E-state index in [2.05, 4.69) is 15.3 Å². The van der Waals surface area contributed by atoms with Gasteiger partial charge < -0.3 is 15.2 Å². The van der Waals surface area contributed by atoms with Crippen molar-refractivity contribution in [1.82, 2.24) is 9.97 Å². The van der Waals surface area contributed by atoms with Gasteiger partial charge in [0.2, 0.25) is 5.82 Å². The van der Waals surface area contributed by atoms with Gasteiger partial charge in [-0.15, -0.1) is 0 Å². The molecular weight excluding hydrogens is 264 g/mol. The molecule has 0 spiro atoms. The topological polar surface area (TPSA) is 110 Å². The van der Waals surface area contributed by atoms with Crippen LogP contribution in [-0.2, 0) is 0 Å². The van der Waals surface area contributed by atoms with E-state index in [-0.39, 0.29) is 29.4 Å². The van der Waals surface area contributed by atoms with Crippen LogP contribution in [0, 0.1) is 16.0 Å². The lowest BCUT2D eigenvalue weighted by Gasteiger charge is -2.27. The van der Waals surface area contributed by atoms with Gasteiger partial charge >= 0.3 is 5.69 Å². The molecule has 1 fully saturated rings. The van der Waals surface area contributed by atoms with Crippen molar-refractivity contribution in [3.8, 4) is 5.88 Å². The smallest absolute Gasteiger partial charge is 0.372 e. The second-order valence-corrected chi connectivity index (χ2v) is 4.83. The number of aliphatic hydroxyl groups is 1. The first kappa shape index (κ1) is 14.4. The molecule has 1 aromatic heterocycles. The molecule has 1 aliphatic rings. The number of hydrogen-bond acceptors (Lipinski definition) is 7. The maximum absolute atomic E-state index is 11.1. The highest BCUT2D eigenvalue weighted by atomic mass is 16.6. The molecule has 2 N–H and O–H groups in total. The van der Waals surface area contributed by atoms with E-state index >= 15 is 0 Å². The van der Waals surface area contributed by atoms with E-state index in [4.69, 9.17) is 4.74 Å². The van der Waals surface area contributed by atoms with E-state index < -0.39 is 4.92 Å². The first-order valence-electron chi connectivity index (χ1n) is 6.58. The molecule has 1 aliphatic carbocycles. The number of aliphatic hydroxyl groups excluding tert-OH is 1. The Labute approximate surface area is 116 Å². The summed E-state index contributed by atoms with van der Waals surface area (Å²) >= 11 is 0. The second-order valence-electron chi connectivity index (χ2n) is 4.83. The minimum Gasteiger partial charge on any atom is -0.476 e. The van der Waals surface area contributed by atoms with Crippen LogP contribution in [0.2, 0.25) is 0 Å². The Hall–Kier alpha value is -1.96. The first-order valence-corrected chi connectivity index (χ1v) is 6.58. The number of nitrogens with one attached hydrogen (secondary N) is 1. The van der Waals surface area contributed by atoms with Gasteiger partial charge in [-0.2, -0.15) is 4.98 Å². The average Bonchev–Trinajstić information content (AvgIpc) is 2.45. The van der Waals surface area contributed by atoms with Gasteiger partial charge in [-0.05, 0) is 12.8 Å². The molecule has 1 aromatic rings. The van der Waals surface area contributed by atoms with Gasteiger partial charge in [0, 0.05) is 12.5 Å². The third kappa shape index (κ3) is 3.13. The van der Waals surface area contributed by atoms with Crippen molar-refractivity contribution in [2.45, 2.75) is 31.8 Å². The van der Waals surface area contributed by atoms with Gasteiger partial charge in [-0.25, -0.2) is 4.98 Å². The summed E-state index contributed by atoms with van der Waals surface area (Å²) in [6.45, 7) is 0.447. The second kappa shape index (κ2) is 6.47. The number of nitro groups is 1. The van der Waals surface area contributed by atoms with Crippen LogP contribution in [-0.4, -0.2) is 39.8 Å². The van der Waals surface area contributed by atoms with E-state index in [1.165, 1.54) is 13.4 Å². The Kier molecular flexibility index (Phi) is 4.67. The standard InChI is InChI=1S/C12H18N4O4/c1-20-12-10(16(18)19)11(14-7-15-12)13-6-8-4-2-3-5-9(8)17/h7-9,17H,2-6H2,1H3,(H,13,14,15). The Balaban J connectivity index is 2.10. The normalized spacial score (nSPS) is 22.3. The summed E-state index contributed by atoms with van der Waals surface area (Å²) in [5, 5.41) is 23.9.